The average molecular weight is 320 g/mol. The molecule has 1 aromatic heterocycles. The number of nitrogens with zero attached hydrogens (tertiary/aromatic N) is 4. The number of morpholine rings is 1. The van der Waals surface area contributed by atoms with Gasteiger partial charge in [0.25, 0.3) is 0 Å². The van der Waals surface area contributed by atoms with E-state index in [9.17, 15) is 4.79 Å². The highest BCUT2D eigenvalue weighted by Crippen LogP contribution is 2.20. The molecule has 0 aromatic carbocycles. The minimum atomic E-state index is 0.269. The van der Waals surface area contributed by atoms with Crippen LogP contribution in [0.2, 0.25) is 0 Å². The minimum absolute atomic E-state index is 0.269. The summed E-state index contributed by atoms with van der Waals surface area (Å²) in [5.74, 6) is 0.269. The second-order valence-electron chi connectivity index (χ2n) is 6.68. The maximum Gasteiger partial charge on any atom is 0.224 e. The Morgan fingerprint density at radius 2 is 2.09 bits per heavy atom. The van der Waals surface area contributed by atoms with E-state index in [1.165, 1.54) is 18.5 Å². The Kier molecular flexibility index (Phi) is 5.33. The van der Waals surface area contributed by atoms with Crippen LogP contribution in [0.5, 0.6) is 0 Å². The third-order valence-electron chi connectivity index (χ3n) is 4.96. The van der Waals surface area contributed by atoms with Crippen LogP contribution in [0, 0.1) is 13.8 Å². The Hall–Kier alpha value is -1.40. The number of aryl methyl sites for hydroxylation is 2. The summed E-state index contributed by atoms with van der Waals surface area (Å²) in [7, 11) is 0. The van der Waals surface area contributed by atoms with Crippen molar-refractivity contribution in [3.05, 3.63) is 17.5 Å². The molecule has 2 aliphatic heterocycles. The van der Waals surface area contributed by atoms with Gasteiger partial charge in [-0.2, -0.15) is 5.10 Å². The van der Waals surface area contributed by atoms with Gasteiger partial charge in [0.1, 0.15) is 0 Å². The Bertz CT molecular complexity index is 537. The molecule has 0 radical (unpaired) electrons. The molecule has 6 heteroatoms. The first-order chi connectivity index (χ1) is 11.1. The van der Waals surface area contributed by atoms with E-state index in [-0.39, 0.29) is 5.91 Å². The van der Waals surface area contributed by atoms with E-state index in [1.54, 1.807) is 0 Å². The predicted molar refractivity (Wildman–Crippen MR) is 88.3 cm³/mol. The quantitative estimate of drug-likeness (QED) is 0.818. The fraction of sp³-hybridized carbons (Fsp3) is 0.765. The number of hydrogen-bond donors (Lipinski definition) is 0. The summed E-state index contributed by atoms with van der Waals surface area (Å²) in [5.41, 5.74) is 2.30. The molecule has 0 bridgehead atoms. The topological polar surface area (TPSA) is 50.6 Å². The van der Waals surface area contributed by atoms with Crippen LogP contribution in [0.1, 0.15) is 30.7 Å². The van der Waals surface area contributed by atoms with Crippen molar-refractivity contribution in [2.45, 2.75) is 45.7 Å². The van der Waals surface area contributed by atoms with Crippen LogP contribution in [-0.4, -0.2) is 70.9 Å². The molecule has 1 atom stereocenters. The second-order valence-corrected chi connectivity index (χ2v) is 6.68. The zero-order valence-electron chi connectivity index (χ0n) is 14.3. The van der Waals surface area contributed by atoms with Crippen LogP contribution in [0.4, 0.5) is 0 Å². The second kappa shape index (κ2) is 7.45. The molecule has 2 saturated heterocycles. The summed E-state index contributed by atoms with van der Waals surface area (Å²) in [6, 6.07) is 2.63. The summed E-state index contributed by atoms with van der Waals surface area (Å²) in [4.78, 5) is 16.7. The molecule has 0 N–H and O–H groups in total. The highest BCUT2D eigenvalue weighted by Gasteiger charge is 2.26. The van der Waals surface area contributed by atoms with Crippen molar-refractivity contribution in [1.82, 2.24) is 19.6 Å². The molecule has 0 spiro atoms. The smallest absolute Gasteiger partial charge is 0.224 e. The van der Waals surface area contributed by atoms with Crippen molar-refractivity contribution in [2.75, 3.05) is 39.4 Å². The first-order valence-corrected chi connectivity index (χ1v) is 8.74. The van der Waals surface area contributed by atoms with Crippen molar-refractivity contribution in [1.29, 1.82) is 0 Å². The number of amides is 1. The summed E-state index contributed by atoms with van der Waals surface area (Å²) in [6.45, 7) is 9.89. The molecule has 6 nitrogen and oxygen atoms in total. The van der Waals surface area contributed by atoms with E-state index < -0.39 is 0 Å². The van der Waals surface area contributed by atoms with Crippen LogP contribution >= 0.6 is 0 Å². The van der Waals surface area contributed by atoms with Gasteiger partial charge in [0.15, 0.2) is 0 Å². The number of carbonyl (C=O) groups excluding carboxylic acids is 1. The molecular formula is C17H28N4O2. The largest absolute Gasteiger partial charge is 0.378 e. The SMILES string of the molecule is Cc1cc(C)n(C[C@H]2CCCN2CCC(=O)N2CCOCC2)n1. The van der Waals surface area contributed by atoms with Gasteiger partial charge in [0.2, 0.25) is 5.91 Å². The molecule has 2 aliphatic rings. The summed E-state index contributed by atoms with van der Waals surface area (Å²) >= 11 is 0. The summed E-state index contributed by atoms with van der Waals surface area (Å²) in [6.07, 6.45) is 3.04. The highest BCUT2D eigenvalue weighted by atomic mass is 16.5. The third-order valence-corrected chi connectivity index (χ3v) is 4.96. The Labute approximate surface area is 138 Å². The number of carbonyl (C=O) groups is 1. The Morgan fingerprint density at radius 1 is 1.30 bits per heavy atom. The molecule has 0 aliphatic carbocycles. The van der Waals surface area contributed by atoms with Gasteiger partial charge >= 0.3 is 0 Å². The first-order valence-electron chi connectivity index (χ1n) is 8.74. The molecular weight excluding hydrogens is 292 g/mol. The van der Waals surface area contributed by atoms with Crippen LogP contribution in [0.3, 0.4) is 0 Å². The number of aromatic nitrogens is 2. The lowest BCUT2D eigenvalue weighted by Crippen LogP contribution is -2.42. The van der Waals surface area contributed by atoms with Gasteiger partial charge in [-0.25, -0.2) is 0 Å². The molecule has 3 rings (SSSR count). The number of ether oxygens (including phenoxy) is 1. The Balaban J connectivity index is 1.50. The van der Waals surface area contributed by atoms with Gasteiger partial charge in [-0.05, 0) is 39.3 Å². The van der Waals surface area contributed by atoms with E-state index >= 15 is 0 Å². The lowest BCUT2D eigenvalue weighted by molar-refractivity contribution is -0.135. The van der Waals surface area contributed by atoms with Crippen molar-refractivity contribution < 1.29 is 9.53 Å². The summed E-state index contributed by atoms with van der Waals surface area (Å²) in [5, 5.41) is 4.58. The first kappa shape index (κ1) is 16.5. The number of likely N-dealkylation sites (tertiary alicyclic amines) is 1. The van der Waals surface area contributed by atoms with E-state index in [4.69, 9.17) is 4.74 Å². The standard InChI is InChI=1S/C17H28N4O2/c1-14-12-15(2)21(18-14)13-16-4-3-6-19(16)7-5-17(22)20-8-10-23-11-9-20/h12,16H,3-11,13H2,1-2H3/t16-/m1/s1. The normalized spacial score (nSPS) is 22.7. The van der Waals surface area contributed by atoms with E-state index in [1.807, 2.05) is 11.8 Å². The molecule has 23 heavy (non-hydrogen) atoms. The van der Waals surface area contributed by atoms with Crippen molar-refractivity contribution in [2.24, 2.45) is 0 Å². The molecule has 0 saturated carbocycles. The molecule has 2 fully saturated rings. The van der Waals surface area contributed by atoms with Crippen LogP contribution in [0.15, 0.2) is 6.07 Å². The van der Waals surface area contributed by atoms with Gasteiger partial charge in [0, 0.05) is 37.8 Å². The summed E-state index contributed by atoms with van der Waals surface area (Å²) < 4.78 is 7.42. The maximum atomic E-state index is 12.3. The fourth-order valence-electron chi connectivity index (χ4n) is 3.67. The van der Waals surface area contributed by atoms with Gasteiger partial charge < -0.3 is 9.64 Å². The van der Waals surface area contributed by atoms with Gasteiger partial charge in [-0.3, -0.25) is 14.4 Å². The molecule has 1 aromatic rings. The molecule has 128 valence electrons. The molecule has 3 heterocycles. The zero-order chi connectivity index (χ0) is 16.2. The predicted octanol–water partition coefficient (Wildman–Crippen LogP) is 1.21. The minimum Gasteiger partial charge on any atom is -0.378 e. The lowest BCUT2D eigenvalue weighted by atomic mass is 10.2. The van der Waals surface area contributed by atoms with Crippen molar-refractivity contribution in [3.8, 4) is 0 Å². The Morgan fingerprint density at radius 3 is 2.78 bits per heavy atom. The highest BCUT2D eigenvalue weighted by molar-refractivity contribution is 5.76. The third kappa shape index (κ3) is 4.12. The van der Waals surface area contributed by atoms with Crippen molar-refractivity contribution in [3.63, 3.8) is 0 Å². The average Bonchev–Trinajstić information content (AvgIpc) is 3.12. The van der Waals surface area contributed by atoms with Gasteiger partial charge in [0.05, 0.1) is 25.5 Å². The molecule has 0 unspecified atom stereocenters. The van der Waals surface area contributed by atoms with Crippen LogP contribution in [0.25, 0.3) is 0 Å². The lowest BCUT2D eigenvalue weighted by Gasteiger charge is -2.29. The zero-order valence-corrected chi connectivity index (χ0v) is 14.3. The van der Waals surface area contributed by atoms with Gasteiger partial charge in [-0.1, -0.05) is 0 Å². The fourth-order valence-corrected chi connectivity index (χ4v) is 3.67. The van der Waals surface area contributed by atoms with Crippen LogP contribution < -0.4 is 0 Å². The number of rotatable bonds is 5. The van der Waals surface area contributed by atoms with Crippen molar-refractivity contribution >= 4 is 5.91 Å². The number of hydrogen-bond acceptors (Lipinski definition) is 4. The monoisotopic (exact) mass is 320 g/mol. The van der Waals surface area contributed by atoms with E-state index in [2.05, 4.69) is 27.7 Å². The van der Waals surface area contributed by atoms with E-state index in [0.29, 0.717) is 25.7 Å². The van der Waals surface area contributed by atoms with Gasteiger partial charge in [-0.15, -0.1) is 0 Å². The molecule has 1 amide bonds. The van der Waals surface area contributed by atoms with E-state index in [0.717, 1.165) is 38.4 Å². The maximum absolute atomic E-state index is 12.3. The van der Waals surface area contributed by atoms with Crippen LogP contribution in [-0.2, 0) is 16.1 Å².